The third-order valence-electron chi connectivity index (χ3n) is 5.75. The van der Waals surface area contributed by atoms with Crippen LogP contribution in [0.1, 0.15) is 30.0 Å². The zero-order valence-corrected chi connectivity index (χ0v) is 23.4. The van der Waals surface area contributed by atoms with Gasteiger partial charge in [-0.05, 0) is 71.1 Å². The van der Waals surface area contributed by atoms with E-state index < -0.39 is 10.0 Å². The van der Waals surface area contributed by atoms with E-state index in [0.717, 1.165) is 27.4 Å². The molecule has 1 heterocycles. The minimum Gasteiger partial charge on any atom is -0.493 e. The van der Waals surface area contributed by atoms with Crippen LogP contribution in [0.3, 0.4) is 0 Å². The van der Waals surface area contributed by atoms with Gasteiger partial charge in [0.05, 0.1) is 24.5 Å². The maximum absolute atomic E-state index is 13.3. The SMILES string of the molecule is C#CCN(C)S(=O)(=O)c1ccc(CCN(Cc2cc(Cl)ccc2OCCC)C(=O)Cc2ccsc2)cc1. The van der Waals surface area contributed by atoms with Gasteiger partial charge in [0.15, 0.2) is 0 Å². The predicted molar refractivity (Wildman–Crippen MR) is 149 cm³/mol. The first kappa shape index (κ1) is 28.7. The van der Waals surface area contributed by atoms with Crippen molar-refractivity contribution >= 4 is 38.9 Å². The molecule has 0 fully saturated rings. The molecule has 0 radical (unpaired) electrons. The van der Waals surface area contributed by atoms with Crippen molar-refractivity contribution in [3.05, 3.63) is 81.0 Å². The van der Waals surface area contributed by atoms with Crippen LogP contribution in [0.15, 0.2) is 64.2 Å². The monoisotopic (exact) mass is 558 g/mol. The molecule has 0 aliphatic carbocycles. The molecule has 1 amide bonds. The van der Waals surface area contributed by atoms with Crippen LogP contribution in [-0.4, -0.2) is 50.3 Å². The summed E-state index contributed by atoms with van der Waals surface area (Å²) >= 11 is 7.83. The number of benzene rings is 2. The maximum atomic E-state index is 13.3. The molecule has 0 atom stereocenters. The van der Waals surface area contributed by atoms with Gasteiger partial charge < -0.3 is 9.64 Å². The number of carbonyl (C=O) groups excluding carboxylic acids is 1. The number of terminal acetylenes is 1. The molecule has 1 aromatic heterocycles. The Morgan fingerprint density at radius 2 is 1.89 bits per heavy atom. The number of hydrogen-bond acceptors (Lipinski definition) is 5. The number of sulfonamides is 1. The lowest BCUT2D eigenvalue weighted by Crippen LogP contribution is -2.33. The second-order valence-electron chi connectivity index (χ2n) is 8.58. The fourth-order valence-electron chi connectivity index (χ4n) is 3.69. The quantitative estimate of drug-likeness (QED) is 0.268. The molecule has 0 saturated carbocycles. The van der Waals surface area contributed by atoms with Crippen LogP contribution in [0.2, 0.25) is 5.02 Å². The lowest BCUT2D eigenvalue weighted by atomic mass is 10.1. The highest BCUT2D eigenvalue weighted by atomic mass is 35.5. The Balaban J connectivity index is 1.78. The van der Waals surface area contributed by atoms with Gasteiger partial charge >= 0.3 is 0 Å². The van der Waals surface area contributed by atoms with Crippen molar-refractivity contribution in [2.24, 2.45) is 0 Å². The van der Waals surface area contributed by atoms with Gasteiger partial charge in [-0.2, -0.15) is 15.6 Å². The van der Waals surface area contributed by atoms with Crippen LogP contribution >= 0.6 is 22.9 Å². The fourth-order valence-corrected chi connectivity index (χ4v) is 5.63. The minimum absolute atomic E-state index is 0.00124. The molecule has 2 aromatic carbocycles. The van der Waals surface area contributed by atoms with Crippen LogP contribution in [0.4, 0.5) is 0 Å². The van der Waals surface area contributed by atoms with Gasteiger partial charge in [0.2, 0.25) is 15.9 Å². The van der Waals surface area contributed by atoms with Gasteiger partial charge in [0.25, 0.3) is 0 Å². The van der Waals surface area contributed by atoms with Crippen molar-refractivity contribution in [1.29, 1.82) is 0 Å². The summed E-state index contributed by atoms with van der Waals surface area (Å²) in [7, 11) is -2.20. The van der Waals surface area contributed by atoms with E-state index in [1.807, 2.05) is 35.9 Å². The second-order valence-corrected chi connectivity index (χ2v) is 11.8. The Bertz CT molecular complexity index is 1320. The Morgan fingerprint density at radius 3 is 2.54 bits per heavy atom. The predicted octanol–water partition coefficient (Wildman–Crippen LogP) is 5.26. The number of hydrogen-bond donors (Lipinski definition) is 0. The average Bonchev–Trinajstić information content (AvgIpc) is 3.39. The van der Waals surface area contributed by atoms with E-state index in [0.29, 0.717) is 43.3 Å². The lowest BCUT2D eigenvalue weighted by Gasteiger charge is -2.24. The first-order valence-electron chi connectivity index (χ1n) is 11.9. The van der Waals surface area contributed by atoms with Crippen molar-refractivity contribution in [2.75, 3.05) is 26.7 Å². The number of carbonyl (C=O) groups is 1. The highest BCUT2D eigenvalue weighted by Crippen LogP contribution is 2.25. The van der Waals surface area contributed by atoms with Crippen LogP contribution in [-0.2, 0) is 34.2 Å². The summed E-state index contributed by atoms with van der Waals surface area (Å²) in [5.74, 6) is 3.05. The van der Waals surface area contributed by atoms with Crippen LogP contribution in [0.5, 0.6) is 5.75 Å². The van der Waals surface area contributed by atoms with Crippen LogP contribution in [0.25, 0.3) is 0 Å². The van der Waals surface area contributed by atoms with Crippen molar-refractivity contribution in [2.45, 2.75) is 37.6 Å². The third-order valence-corrected chi connectivity index (χ3v) is 8.53. The molecule has 0 bridgehead atoms. The molecule has 0 spiro atoms. The molecule has 6 nitrogen and oxygen atoms in total. The Labute approximate surface area is 228 Å². The molecule has 196 valence electrons. The first-order valence-corrected chi connectivity index (χ1v) is 14.7. The van der Waals surface area contributed by atoms with Gasteiger partial charge in [-0.15, -0.1) is 6.42 Å². The molecular weight excluding hydrogens is 528 g/mol. The van der Waals surface area contributed by atoms with E-state index in [2.05, 4.69) is 5.92 Å². The van der Waals surface area contributed by atoms with Crippen molar-refractivity contribution in [3.8, 4) is 18.1 Å². The normalized spacial score (nSPS) is 11.3. The van der Waals surface area contributed by atoms with Gasteiger partial charge in [-0.1, -0.05) is 36.6 Å². The Morgan fingerprint density at radius 1 is 1.14 bits per heavy atom. The summed E-state index contributed by atoms with van der Waals surface area (Å²) < 4.78 is 32.3. The van der Waals surface area contributed by atoms with Gasteiger partial charge in [0.1, 0.15) is 5.75 Å². The summed E-state index contributed by atoms with van der Waals surface area (Å²) in [6.45, 7) is 3.41. The van der Waals surface area contributed by atoms with Gasteiger partial charge in [-0.25, -0.2) is 8.42 Å². The fraction of sp³-hybridized carbons (Fsp3) is 0.321. The first-order chi connectivity index (χ1) is 17.7. The molecule has 0 unspecified atom stereocenters. The number of thiophene rings is 1. The molecule has 0 saturated heterocycles. The van der Waals surface area contributed by atoms with Gasteiger partial charge in [0, 0.05) is 30.7 Å². The number of halogens is 1. The van der Waals surface area contributed by atoms with Crippen molar-refractivity contribution in [3.63, 3.8) is 0 Å². The number of nitrogens with zero attached hydrogens (tertiary/aromatic N) is 2. The number of rotatable bonds is 13. The molecule has 3 aromatic rings. The van der Waals surface area contributed by atoms with E-state index >= 15 is 0 Å². The highest BCUT2D eigenvalue weighted by Gasteiger charge is 2.21. The third kappa shape index (κ3) is 8.08. The van der Waals surface area contributed by atoms with Gasteiger partial charge in [-0.3, -0.25) is 4.79 Å². The van der Waals surface area contributed by atoms with Crippen LogP contribution < -0.4 is 4.74 Å². The van der Waals surface area contributed by atoms with Crippen molar-refractivity contribution < 1.29 is 17.9 Å². The molecule has 9 heteroatoms. The molecule has 0 aliphatic rings. The van der Waals surface area contributed by atoms with E-state index in [-0.39, 0.29) is 17.3 Å². The summed E-state index contributed by atoms with van der Waals surface area (Å²) in [5.41, 5.74) is 2.73. The maximum Gasteiger partial charge on any atom is 0.243 e. The largest absolute Gasteiger partial charge is 0.493 e. The smallest absolute Gasteiger partial charge is 0.243 e. The molecule has 0 aliphatic heterocycles. The second kappa shape index (κ2) is 13.6. The van der Waals surface area contributed by atoms with E-state index in [9.17, 15) is 13.2 Å². The summed E-state index contributed by atoms with van der Waals surface area (Å²) in [6, 6.07) is 14.1. The minimum atomic E-state index is -3.65. The molecule has 3 rings (SSSR count). The zero-order valence-electron chi connectivity index (χ0n) is 21.0. The summed E-state index contributed by atoms with van der Waals surface area (Å²) in [6.07, 6.45) is 6.98. The standard InChI is InChI=1S/C28H31ClN2O4S2/c1-4-14-30(3)37(33,34)26-9-6-22(7-10-26)12-15-31(28(32)18-23-13-17-36-21-23)20-24-19-25(29)8-11-27(24)35-16-5-2/h1,6-11,13,17,19,21H,5,12,14-16,18,20H2,2-3H3. The Hall–Kier alpha value is -2.83. The molecule has 0 N–H and O–H groups in total. The number of ether oxygens (including phenoxy) is 1. The van der Waals surface area contributed by atoms with E-state index in [1.54, 1.807) is 46.6 Å². The lowest BCUT2D eigenvalue weighted by molar-refractivity contribution is -0.131. The van der Waals surface area contributed by atoms with E-state index in [1.165, 1.54) is 7.05 Å². The summed E-state index contributed by atoms with van der Waals surface area (Å²) in [5, 5.41) is 4.51. The molecular formula is C28H31ClN2O4S2. The average molecular weight is 559 g/mol. The summed E-state index contributed by atoms with van der Waals surface area (Å²) in [4.78, 5) is 15.3. The zero-order chi connectivity index (χ0) is 26.8. The highest BCUT2D eigenvalue weighted by molar-refractivity contribution is 7.89. The molecule has 37 heavy (non-hydrogen) atoms. The van der Waals surface area contributed by atoms with Crippen molar-refractivity contribution in [1.82, 2.24) is 9.21 Å². The Kier molecular flexibility index (Phi) is 10.6. The van der Waals surface area contributed by atoms with E-state index in [4.69, 9.17) is 22.8 Å². The topological polar surface area (TPSA) is 66.9 Å². The number of amides is 1. The van der Waals surface area contributed by atoms with Crippen LogP contribution in [0, 0.1) is 12.3 Å².